The average Bonchev–Trinajstić information content (AvgIpc) is 3.93. The van der Waals surface area contributed by atoms with E-state index in [1.165, 1.54) is 57.9 Å². The molecule has 0 N–H and O–H groups in total. The second-order valence-corrected chi connectivity index (χ2v) is 17.8. The molecule has 0 unspecified atom stereocenters. The van der Waals surface area contributed by atoms with Crippen LogP contribution in [0.3, 0.4) is 0 Å². The smallest absolute Gasteiger partial charge is 0.164 e. The summed E-state index contributed by atoms with van der Waals surface area (Å²) in [5, 5.41) is 14.3. The first kappa shape index (κ1) is 35.3. The number of pyridine rings is 1. The molecule has 0 atom stereocenters. The minimum atomic E-state index is 0.621. The van der Waals surface area contributed by atoms with Crippen molar-refractivity contribution in [1.29, 1.82) is 0 Å². The van der Waals surface area contributed by atoms with Gasteiger partial charge in [0.05, 0.1) is 21.4 Å². The highest BCUT2D eigenvalue weighted by molar-refractivity contribution is 7.26. The van der Waals surface area contributed by atoms with Crippen LogP contribution in [0.2, 0.25) is 0 Å². The molecule has 0 aliphatic rings. The molecule has 296 valence electrons. The zero-order valence-electron chi connectivity index (χ0n) is 34.2. The molecular formula is C58H33N5S. The van der Waals surface area contributed by atoms with E-state index in [9.17, 15) is 0 Å². The fourth-order valence-corrected chi connectivity index (χ4v) is 10.9. The van der Waals surface area contributed by atoms with E-state index in [2.05, 4.69) is 205 Å². The van der Waals surface area contributed by atoms with Crippen LogP contribution in [0.4, 0.5) is 0 Å². The minimum absolute atomic E-state index is 0.621. The Morgan fingerprint density at radius 3 is 1.41 bits per heavy atom. The average molecular weight is 832 g/mol. The second kappa shape index (κ2) is 13.6. The Kier molecular flexibility index (Phi) is 7.49. The van der Waals surface area contributed by atoms with Crippen molar-refractivity contribution >= 4 is 102 Å². The first-order valence-electron chi connectivity index (χ1n) is 21.5. The summed E-state index contributed by atoms with van der Waals surface area (Å²) in [6.07, 6.45) is 0. The summed E-state index contributed by atoms with van der Waals surface area (Å²) in [7, 11) is 0. The molecule has 0 fully saturated rings. The lowest BCUT2D eigenvalue weighted by molar-refractivity contribution is 1.07. The molecule has 14 rings (SSSR count). The van der Waals surface area contributed by atoms with E-state index in [0.717, 1.165) is 60.8 Å². The van der Waals surface area contributed by atoms with Crippen molar-refractivity contribution in [3.8, 4) is 45.4 Å². The molecule has 0 radical (unpaired) electrons. The van der Waals surface area contributed by atoms with E-state index in [1.54, 1.807) is 0 Å². The van der Waals surface area contributed by atoms with Gasteiger partial charge in [0.15, 0.2) is 23.1 Å². The van der Waals surface area contributed by atoms with Crippen molar-refractivity contribution in [2.24, 2.45) is 0 Å². The summed E-state index contributed by atoms with van der Waals surface area (Å²) >= 11 is 1.83. The third-order valence-electron chi connectivity index (χ3n) is 12.9. The van der Waals surface area contributed by atoms with Gasteiger partial charge in [-0.05, 0) is 103 Å². The number of hydrogen-bond acceptors (Lipinski definition) is 5. The maximum Gasteiger partial charge on any atom is 0.164 e. The maximum absolute atomic E-state index is 5.56. The molecule has 0 spiro atoms. The third kappa shape index (κ3) is 5.49. The van der Waals surface area contributed by atoms with Gasteiger partial charge < -0.3 is 0 Å². The number of aromatic nitrogens is 5. The van der Waals surface area contributed by atoms with Gasteiger partial charge >= 0.3 is 0 Å². The van der Waals surface area contributed by atoms with Gasteiger partial charge in [0.1, 0.15) is 0 Å². The molecule has 0 saturated heterocycles. The van der Waals surface area contributed by atoms with Gasteiger partial charge in [-0.3, -0.25) is 4.40 Å². The van der Waals surface area contributed by atoms with Crippen molar-refractivity contribution in [1.82, 2.24) is 24.3 Å². The number of imidazole rings is 1. The molecule has 5 nitrogen and oxygen atoms in total. The monoisotopic (exact) mass is 831 g/mol. The molecule has 10 aromatic carbocycles. The quantitative estimate of drug-likeness (QED) is 0.166. The van der Waals surface area contributed by atoms with Gasteiger partial charge in [-0.15, -0.1) is 11.3 Å². The van der Waals surface area contributed by atoms with Gasteiger partial charge in [0, 0.05) is 37.5 Å². The third-order valence-corrected chi connectivity index (χ3v) is 14.1. The van der Waals surface area contributed by atoms with Crippen molar-refractivity contribution in [2.45, 2.75) is 0 Å². The van der Waals surface area contributed by atoms with Crippen LogP contribution in [0.1, 0.15) is 0 Å². The van der Waals surface area contributed by atoms with Crippen molar-refractivity contribution < 1.29 is 0 Å². The normalized spacial score (nSPS) is 12.1. The Balaban J connectivity index is 0.977. The molecule has 6 heteroatoms. The molecule has 0 amide bonds. The van der Waals surface area contributed by atoms with E-state index in [0.29, 0.717) is 17.5 Å². The molecule has 0 bridgehead atoms. The van der Waals surface area contributed by atoms with Crippen molar-refractivity contribution in [3.05, 3.63) is 200 Å². The summed E-state index contributed by atoms with van der Waals surface area (Å²) in [5.41, 5.74) is 8.01. The zero-order valence-corrected chi connectivity index (χ0v) is 35.0. The van der Waals surface area contributed by atoms with Crippen LogP contribution in [0.15, 0.2) is 200 Å². The van der Waals surface area contributed by atoms with Crippen LogP contribution in [-0.2, 0) is 0 Å². The summed E-state index contributed by atoms with van der Waals surface area (Å²) in [5.74, 6) is 1.89. The lowest BCUT2D eigenvalue weighted by atomic mass is 10.0. The molecule has 0 aliphatic heterocycles. The molecule has 0 aliphatic carbocycles. The second-order valence-electron chi connectivity index (χ2n) is 16.7. The molecule has 4 aromatic heterocycles. The van der Waals surface area contributed by atoms with E-state index in [-0.39, 0.29) is 0 Å². The Morgan fingerprint density at radius 2 is 0.797 bits per heavy atom. The standard InChI is InChI=1S/C58H33N5S/c1-3-11-38-28-45(23-17-34(38)9-1)56-60-55(61-57(62-56)46-24-18-35-10-2-4-12-39(35)29-46)37-21-19-36(20-22-37)51-33-49-48-31-42-15-7-8-16-43(42)32-52(48)64-54(49)58-59-53-47-30-41-14-6-5-13-40(41)27-44(47)25-26-50(53)63(51)58/h1-33H. The SMILES string of the molecule is c1ccc2cc(-c3nc(-c4ccc(-c5cc6c7cc8ccccc8cc7sc6c6nc7c8cc9ccccc9cc8ccc7n56)cc4)nc(-c4ccc5ccccc5c4)n3)ccc2c1. The number of nitrogens with zero attached hydrogens (tertiary/aromatic N) is 5. The number of thiophene rings is 1. The zero-order chi connectivity index (χ0) is 41.9. The van der Waals surface area contributed by atoms with Crippen LogP contribution in [0, 0.1) is 0 Å². The largest absolute Gasteiger partial charge is 0.291 e. The lowest BCUT2D eigenvalue weighted by Crippen LogP contribution is -2.00. The van der Waals surface area contributed by atoms with Gasteiger partial charge in [0.25, 0.3) is 0 Å². The van der Waals surface area contributed by atoms with Crippen molar-refractivity contribution in [3.63, 3.8) is 0 Å². The Hall–Kier alpha value is -8.32. The fraction of sp³-hybridized carbons (Fsp3) is 0. The lowest BCUT2D eigenvalue weighted by Gasteiger charge is -2.12. The van der Waals surface area contributed by atoms with Gasteiger partial charge in [-0.2, -0.15) is 0 Å². The summed E-state index contributed by atoms with van der Waals surface area (Å²) < 4.78 is 4.81. The highest BCUT2D eigenvalue weighted by Crippen LogP contribution is 2.43. The summed E-state index contributed by atoms with van der Waals surface area (Å²) in [6.45, 7) is 0. The molecule has 4 heterocycles. The summed E-state index contributed by atoms with van der Waals surface area (Å²) in [6, 6.07) is 71.6. The van der Waals surface area contributed by atoms with Gasteiger partial charge in [-0.1, -0.05) is 152 Å². The fourth-order valence-electron chi connectivity index (χ4n) is 9.69. The number of benzene rings is 10. The first-order valence-corrected chi connectivity index (χ1v) is 22.3. The number of fused-ring (bicyclic) bond motifs is 13. The maximum atomic E-state index is 5.56. The van der Waals surface area contributed by atoms with Crippen LogP contribution in [0.25, 0.3) is 136 Å². The Labute approximate surface area is 370 Å². The topological polar surface area (TPSA) is 56.0 Å². The minimum Gasteiger partial charge on any atom is -0.291 e. The van der Waals surface area contributed by atoms with Crippen LogP contribution in [0.5, 0.6) is 0 Å². The van der Waals surface area contributed by atoms with Crippen LogP contribution >= 0.6 is 11.3 Å². The molecule has 0 saturated carbocycles. The van der Waals surface area contributed by atoms with Gasteiger partial charge in [0.2, 0.25) is 0 Å². The van der Waals surface area contributed by atoms with Crippen molar-refractivity contribution in [2.75, 3.05) is 0 Å². The highest BCUT2D eigenvalue weighted by atomic mass is 32.1. The van der Waals surface area contributed by atoms with E-state index < -0.39 is 0 Å². The molecule has 14 aromatic rings. The Morgan fingerprint density at radius 1 is 0.328 bits per heavy atom. The predicted molar refractivity (Wildman–Crippen MR) is 268 cm³/mol. The van der Waals surface area contributed by atoms with Crippen LogP contribution in [-0.4, -0.2) is 24.3 Å². The number of rotatable bonds is 4. The highest BCUT2D eigenvalue weighted by Gasteiger charge is 2.21. The van der Waals surface area contributed by atoms with E-state index in [4.69, 9.17) is 19.9 Å². The van der Waals surface area contributed by atoms with E-state index >= 15 is 0 Å². The van der Waals surface area contributed by atoms with E-state index in [1.807, 2.05) is 11.3 Å². The molecule has 64 heavy (non-hydrogen) atoms. The van der Waals surface area contributed by atoms with Crippen LogP contribution < -0.4 is 0 Å². The first-order chi connectivity index (χ1) is 31.6. The molecular weight excluding hydrogens is 799 g/mol. The predicted octanol–water partition coefficient (Wildman–Crippen LogP) is 15.5. The summed E-state index contributed by atoms with van der Waals surface area (Å²) in [4.78, 5) is 21.0. The Bertz CT molecular complexity index is 4160. The van der Waals surface area contributed by atoms with Gasteiger partial charge in [-0.25, -0.2) is 19.9 Å². The number of hydrogen-bond donors (Lipinski definition) is 0.